The molecule has 0 atom stereocenters. The number of hydrogen-bond acceptors (Lipinski definition) is 3. The number of anilines is 1. The highest BCUT2D eigenvalue weighted by Crippen LogP contribution is 2.22. The second kappa shape index (κ2) is 10.3. The van der Waals surface area contributed by atoms with Crippen LogP contribution in [0.5, 0.6) is 0 Å². The fourth-order valence-corrected chi connectivity index (χ4v) is 3.60. The Bertz CT molecular complexity index is 1200. The number of halogens is 2. The van der Waals surface area contributed by atoms with E-state index in [9.17, 15) is 9.18 Å². The summed E-state index contributed by atoms with van der Waals surface area (Å²) in [6.07, 6.45) is 3.22. The van der Waals surface area contributed by atoms with Gasteiger partial charge in [0.25, 0.3) is 0 Å². The van der Waals surface area contributed by atoms with Crippen molar-refractivity contribution in [1.82, 2.24) is 9.97 Å². The topological polar surface area (TPSA) is 54.9 Å². The predicted octanol–water partition coefficient (Wildman–Crippen LogP) is 6.01. The maximum Gasteiger partial charge on any atom is 0.229 e. The van der Waals surface area contributed by atoms with Gasteiger partial charge in [0.05, 0.1) is 24.0 Å². The van der Waals surface area contributed by atoms with E-state index >= 15 is 0 Å². The molecule has 32 heavy (non-hydrogen) atoms. The number of carbonyl (C=O) groups excluding carboxylic acids is 1. The molecule has 0 unspecified atom stereocenters. The number of nitrogens with zero attached hydrogens (tertiary/aromatic N) is 2. The quantitative estimate of drug-likeness (QED) is 0.345. The summed E-state index contributed by atoms with van der Waals surface area (Å²) in [4.78, 5) is 21.9. The smallest absolute Gasteiger partial charge is 0.229 e. The van der Waals surface area contributed by atoms with Crippen molar-refractivity contribution in [1.29, 1.82) is 0 Å². The number of aromatic nitrogens is 2. The van der Waals surface area contributed by atoms with E-state index in [-0.39, 0.29) is 18.1 Å². The second-order valence-electron chi connectivity index (χ2n) is 7.39. The summed E-state index contributed by atoms with van der Waals surface area (Å²) in [6, 6.07) is 23.9. The first-order chi connectivity index (χ1) is 15.6. The van der Waals surface area contributed by atoms with Gasteiger partial charge < -0.3 is 5.32 Å². The summed E-state index contributed by atoms with van der Waals surface area (Å²) in [6.45, 7) is 0. The van der Waals surface area contributed by atoms with Crippen LogP contribution in [0.25, 0.3) is 11.3 Å². The first-order valence-electron chi connectivity index (χ1n) is 10.3. The molecule has 0 saturated carbocycles. The molecule has 0 bridgehead atoms. The molecule has 0 fully saturated rings. The largest absolute Gasteiger partial charge is 0.309 e. The van der Waals surface area contributed by atoms with E-state index in [4.69, 9.17) is 4.98 Å². The number of carbonyl (C=O) groups is 1. The monoisotopic (exact) mass is 489 g/mol. The molecule has 3 aromatic carbocycles. The normalized spacial score (nSPS) is 10.7. The molecular weight excluding hydrogens is 469 g/mol. The predicted molar refractivity (Wildman–Crippen MR) is 128 cm³/mol. The van der Waals surface area contributed by atoms with Crippen molar-refractivity contribution in [3.63, 3.8) is 0 Å². The third-order valence-electron chi connectivity index (χ3n) is 5.01. The molecule has 4 nitrogen and oxygen atoms in total. The van der Waals surface area contributed by atoms with Gasteiger partial charge >= 0.3 is 0 Å². The lowest BCUT2D eigenvalue weighted by atomic mass is 10.1. The van der Waals surface area contributed by atoms with Crippen molar-refractivity contribution in [3.05, 3.63) is 112 Å². The van der Waals surface area contributed by atoms with Crippen molar-refractivity contribution >= 4 is 27.7 Å². The van der Waals surface area contributed by atoms with Crippen LogP contribution in [0.2, 0.25) is 0 Å². The lowest BCUT2D eigenvalue weighted by Crippen LogP contribution is -2.17. The zero-order chi connectivity index (χ0) is 22.3. The Hall–Kier alpha value is -3.38. The molecule has 0 aliphatic rings. The average molecular weight is 490 g/mol. The van der Waals surface area contributed by atoms with Gasteiger partial charge in [-0.2, -0.15) is 0 Å². The number of rotatable bonds is 7. The maximum absolute atomic E-state index is 13.3. The van der Waals surface area contributed by atoms with Gasteiger partial charge in [-0.3, -0.25) is 4.79 Å². The van der Waals surface area contributed by atoms with E-state index in [1.807, 2.05) is 42.5 Å². The van der Waals surface area contributed by atoms with E-state index < -0.39 is 0 Å². The van der Waals surface area contributed by atoms with Crippen LogP contribution in [-0.2, 0) is 24.1 Å². The van der Waals surface area contributed by atoms with Crippen LogP contribution < -0.4 is 5.32 Å². The van der Waals surface area contributed by atoms with Crippen LogP contribution in [0, 0.1) is 5.82 Å². The molecule has 1 heterocycles. The second-order valence-corrected chi connectivity index (χ2v) is 8.31. The van der Waals surface area contributed by atoms with Crippen LogP contribution >= 0.6 is 15.9 Å². The molecule has 1 aromatic heterocycles. The first kappa shape index (κ1) is 21.8. The Morgan fingerprint density at radius 3 is 2.31 bits per heavy atom. The number of hydrogen-bond donors (Lipinski definition) is 1. The van der Waals surface area contributed by atoms with E-state index in [1.54, 1.807) is 18.3 Å². The number of aryl methyl sites for hydroxylation is 2. The molecule has 1 amide bonds. The van der Waals surface area contributed by atoms with Crippen LogP contribution in [-0.4, -0.2) is 15.9 Å². The van der Waals surface area contributed by atoms with Crippen molar-refractivity contribution in [2.24, 2.45) is 0 Å². The SMILES string of the molecule is O=C(Cc1ccc(Br)cc1)Nc1ncc(-c2ccc(F)cc2)nc1CCc1ccccc1. The molecule has 0 spiro atoms. The molecule has 0 aliphatic carbocycles. The minimum atomic E-state index is -0.303. The Kier molecular flexibility index (Phi) is 7.02. The molecular formula is C26H21BrFN3O. The van der Waals surface area contributed by atoms with E-state index in [0.29, 0.717) is 23.6 Å². The maximum atomic E-state index is 13.3. The fourth-order valence-electron chi connectivity index (χ4n) is 3.34. The zero-order valence-electron chi connectivity index (χ0n) is 17.3. The Labute approximate surface area is 194 Å². The summed E-state index contributed by atoms with van der Waals surface area (Å²) >= 11 is 3.40. The van der Waals surface area contributed by atoms with Gasteiger partial charge in [0.1, 0.15) is 5.82 Å². The van der Waals surface area contributed by atoms with Crippen molar-refractivity contribution in [3.8, 4) is 11.3 Å². The number of nitrogens with one attached hydrogen (secondary N) is 1. The Morgan fingerprint density at radius 2 is 1.59 bits per heavy atom. The van der Waals surface area contributed by atoms with Crippen LogP contribution in [0.4, 0.5) is 10.2 Å². The molecule has 160 valence electrons. The van der Waals surface area contributed by atoms with Gasteiger partial charge in [0.2, 0.25) is 5.91 Å². The summed E-state index contributed by atoms with van der Waals surface area (Å²) in [5.41, 5.74) is 4.19. The summed E-state index contributed by atoms with van der Waals surface area (Å²) in [7, 11) is 0. The van der Waals surface area contributed by atoms with Gasteiger partial charge in [-0.15, -0.1) is 0 Å². The summed E-state index contributed by atoms with van der Waals surface area (Å²) in [5, 5.41) is 2.91. The molecule has 1 N–H and O–H groups in total. The average Bonchev–Trinajstić information content (AvgIpc) is 2.81. The minimum absolute atomic E-state index is 0.155. The molecule has 4 rings (SSSR count). The molecule has 6 heteroatoms. The van der Waals surface area contributed by atoms with E-state index in [2.05, 4.69) is 38.4 Å². The lowest BCUT2D eigenvalue weighted by molar-refractivity contribution is -0.115. The van der Waals surface area contributed by atoms with Crippen LogP contribution in [0.3, 0.4) is 0 Å². The molecule has 0 saturated heterocycles. The third-order valence-corrected chi connectivity index (χ3v) is 5.54. The molecule has 0 aliphatic heterocycles. The van der Waals surface area contributed by atoms with E-state index in [0.717, 1.165) is 22.0 Å². The van der Waals surface area contributed by atoms with E-state index in [1.165, 1.54) is 17.7 Å². The van der Waals surface area contributed by atoms with Crippen molar-refractivity contribution < 1.29 is 9.18 Å². The fraction of sp³-hybridized carbons (Fsp3) is 0.115. The number of amides is 1. The van der Waals surface area contributed by atoms with Crippen molar-refractivity contribution in [2.75, 3.05) is 5.32 Å². The summed E-state index contributed by atoms with van der Waals surface area (Å²) in [5.74, 6) is -0.00569. The highest BCUT2D eigenvalue weighted by molar-refractivity contribution is 9.10. The Balaban J connectivity index is 1.56. The first-order valence-corrected chi connectivity index (χ1v) is 11.1. The Morgan fingerprint density at radius 1 is 0.875 bits per heavy atom. The summed E-state index contributed by atoms with van der Waals surface area (Å²) < 4.78 is 14.3. The molecule has 4 aromatic rings. The minimum Gasteiger partial charge on any atom is -0.309 e. The lowest BCUT2D eigenvalue weighted by Gasteiger charge is -2.12. The highest BCUT2D eigenvalue weighted by atomic mass is 79.9. The molecule has 0 radical (unpaired) electrons. The van der Waals surface area contributed by atoms with Gasteiger partial charge in [-0.05, 0) is 60.4 Å². The van der Waals surface area contributed by atoms with Crippen LogP contribution in [0.1, 0.15) is 16.8 Å². The van der Waals surface area contributed by atoms with Gasteiger partial charge in [0, 0.05) is 10.0 Å². The van der Waals surface area contributed by atoms with Gasteiger partial charge in [0.15, 0.2) is 5.82 Å². The van der Waals surface area contributed by atoms with Crippen molar-refractivity contribution in [2.45, 2.75) is 19.3 Å². The van der Waals surface area contributed by atoms with Crippen LogP contribution in [0.15, 0.2) is 89.5 Å². The highest BCUT2D eigenvalue weighted by Gasteiger charge is 2.13. The van der Waals surface area contributed by atoms with Gasteiger partial charge in [-0.25, -0.2) is 14.4 Å². The third kappa shape index (κ3) is 5.86. The number of benzene rings is 3. The standard InChI is InChI=1S/C26H21BrFN3O/c27-21-11-6-19(7-12-21)16-25(32)31-26-23(15-8-18-4-2-1-3-5-18)30-24(17-29-26)20-9-13-22(28)14-10-20/h1-7,9-14,17H,8,15-16H2,(H,29,31,32). The van der Waals surface area contributed by atoms with Gasteiger partial charge in [-0.1, -0.05) is 58.4 Å². The zero-order valence-corrected chi connectivity index (χ0v) is 18.8.